The lowest BCUT2D eigenvalue weighted by Gasteiger charge is -2.27. The highest BCUT2D eigenvalue weighted by Gasteiger charge is 2.24. The second-order valence-corrected chi connectivity index (χ2v) is 6.92. The maximum atomic E-state index is 4.32. The van der Waals surface area contributed by atoms with Crippen LogP contribution in [0.3, 0.4) is 0 Å². The fourth-order valence-electron chi connectivity index (χ4n) is 2.99. The monoisotopic (exact) mass is 475 g/mol. The molecule has 138 valence electrons. The van der Waals surface area contributed by atoms with Crippen molar-refractivity contribution in [3.63, 3.8) is 0 Å². The third-order valence-electron chi connectivity index (χ3n) is 4.36. The summed E-state index contributed by atoms with van der Waals surface area (Å²) in [7, 11) is 3.73. The van der Waals surface area contributed by atoms with Crippen LogP contribution in [0.2, 0.25) is 0 Å². The van der Waals surface area contributed by atoms with Crippen LogP contribution in [0.25, 0.3) is 0 Å². The molecule has 9 heteroatoms. The number of halogens is 1. The van der Waals surface area contributed by atoms with E-state index in [1.165, 1.54) is 30.8 Å². The molecule has 0 aliphatic carbocycles. The number of rotatable bonds is 6. The number of hydrogen-bond donors (Lipinski definition) is 2. The summed E-state index contributed by atoms with van der Waals surface area (Å²) < 4.78 is 1.90. The number of nitrogens with zero attached hydrogens (tertiary/aromatic N) is 5. The largest absolute Gasteiger partial charge is 0.354 e. The zero-order chi connectivity index (χ0) is 16.8. The Balaban J connectivity index is 0.00000225. The standard InChI is InChI=1S/C16H25N7S.HI/c1-17-16(19-11-15-21-20-12-22(15)2)18-10-13(14-6-5-9-24-14)23-7-3-4-8-23;/h5-6,9,12-13H,3-4,7-8,10-11H2,1-2H3,(H2,17,18,19);1H. The molecule has 0 bridgehead atoms. The summed E-state index contributed by atoms with van der Waals surface area (Å²) in [4.78, 5) is 8.29. The summed E-state index contributed by atoms with van der Waals surface area (Å²) in [5.41, 5.74) is 0. The zero-order valence-corrected chi connectivity index (χ0v) is 17.8. The highest BCUT2D eigenvalue weighted by Crippen LogP contribution is 2.27. The fourth-order valence-corrected chi connectivity index (χ4v) is 3.85. The normalized spacial score (nSPS) is 16.5. The van der Waals surface area contributed by atoms with E-state index in [-0.39, 0.29) is 24.0 Å². The zero-order valence-electron chi connectivity index (χ0n) is 14.7. The molecule has 1 fully saturated rings. The average Bonchev–Trinajstić information content (AvgIpc) is 3.34. The molecule has 0 spiro atoms. The summed E-state index contributed by atoms with van der Waals surface area (Å²) in [6, 6.07) is 4.76. The Hall–Kier alpha value is -1.20. The lowest BCUT2D eigenvalue weighted by Crippen LogP contribution is -2.42. The number of guanidine groups is 1. The van der Waals surface area contributed by atoms with Gasteiger partial charge in [0.05, 0.1) is 12.6 Å². The van der Waals surface area contributed by atoms with Crippen molar-refractivity contribution in [3.05, 3.63) is 34.5 Å². The average molecular weight is 475 g/mol. The lowest BCUT2D eigenvalue weighted by atomic mass is 10.2. The Morgan fingerprint density at radius 2 is 2.16 bits per heavy atom. The number of aliphatic imine (C=N–C) groups is 1. The van der Waals surface area contributed by atoms with Crippen LogP contribution in [-0.4, -0.2) is 52.3 Å². The van der Waals surface area contributed by atoms with Crippen molar-refractivity contribution in [2.24, 2.45) is 12.0 Å². The molecule has 7 nitrogen and oxygen atoms in total. The van der Waals surface area contributed by atoms with Crippen LogP contribution in [-0.2, 0) is 13.6 Å². The van der Waals surface area contributed by atoms with Crippen molar-refractivity contribution < 1.29 is 0 Å². The molecule has 2 N–H and O–H groups in total. The number of aromatic nitrogens is 3. The van der Waals surface area contributed by atoms with Gasteiger partial charge < -0.3 is 15.2 Å². The van der Waals surface area contributed by atoms with Gasteiger partial charge in [-0.05, 0) is 37.4 Å². The lowest BCUT2D eigenvalue weighted by molar-refractivity contribution is 0.249. The molecule has 2 aromatic rings. The molecule has 0 amide bonds. The first kappa shape index (κ1) is 20.1. The molecule has 1 atom stereocenters. The fraction of sp³-hybridized carbons (Fsp3) is 0.562. The van der Waals surface area contributed by atoms with E-state index < -0.39 is 0 Å². The molecule has 2 aromatic heterocycles. The van der Waals surface area contributed by atoms with Crippen molar-refractivity contribution in [2.75, 3.05) is 26.7 Å². The minimum atomic E-state index is 0. The van der Waals surface area contributed by atoms with E-state index in [0.29, 0.717) is 12.6 Å². The van der Waals surface area contributed by atoms with Gasteiger partial charge in [0.2, 0.25) is 0 Å². The molecule has 0 saturated carbocycles. The van der Waals surface area contributed by atoms with E-state index in [1.54, 1.807) is 13.4 Å². The smallest absolute Gasteiger partial charge is 0.191 e. The van der Waals surface area contributed by atoms with Gasteiger partial charge in [-0.1, -0.05) is 6.07 Å². The molecule has 3 rings (SSSR count). The van der Waals surface area contributed by atoms with Gasteiger partial charge in [0.15, 0.2) is 11.8 Å². The second kappa shape index (κ2) is 10.1. The van der Waals surface area contributed by atoms with Gasteiger partial charge in [-0.3, -0.25) is 9.89 Å². The first-order valence-corrected chi connectivity index (χ1v) is 9.20. The summed E-state index contributed by atoms with van der Waals surface area (Å²) in [5, 5.41) is 16.9. The first-order valence-electron chi connectivity index (χ1n) is 8.33. The van der Waals surface area contributed by atoms with Gasteiger partial charge in [-0.15, -0.1) is 45.5 Å². The number of aryl methyl sites for hydroxylation is 1. The summed E-state index contributed by atoms with van der Waals surface area (Å²) in [6.07, 6.45) is 4.29. The Labute approximate surface area is 169 Å². The van der Waals surface area contributed by atoms with Gasteiger partial charge in [0, 0.05) is 25.5 Å². The van der Waals surface area contributed by atoms with Crippen molar-refractivity contribution in [1.82, 2.24) is 30.3 Å². The van der Waals surface area contributed by atoms with Crippen LogP contribution in [0.5, 0.6) is 0 Å². The number of nitrogens with one attached hydrogen (secondary N) is 2. The van der Waals surface area contributed by atoms with Gasteiger partial charge in [0.1, 0.15) is 6.33 Å². The predicted octanol–water partition coefficient (Wildman–Crippen LogP) is 2.00. The molecular formula is C16H26IN7S. The van der Waals surface area contributed by atoms with E-state index in [0.717, 1.165) is 18.3 Å². The molecule has 0 radical (unpaired) electrons. The number of hydrogen-bond acceptors (Lipinski definition) is 5. The number of thiophene rings is 1. The van der Waals surface area contributed by atoms with Gasteiger partial charge in [-0.25, -0.2) is 0 Å². The quantitative estimate of drug-likeness (QED) is 0.380. The third kappa shape index (κ3) is 5.38. The van der Waals surface area contributed by atoms with Crippen molar-refractivity contribution in [3.8, 4) is 0 Å². The summed E-state index contributed by atoms with van der Waals surface area (Å²) in [6.45, 7) is 3.80. The van der Waals surface area contributed by atoms with Crippen LogP contribution in [0.1, 0.15) is 29.6 Å². The molecule has 1 aliphatic heterocycles. The first-order chi connectivity index (χ1) is 11.8. The molecule has 1 aliphatic rings. The number of likely N-dealkylation sites (tertiary alicyclic amines) is 1. The Kier molecular flexibility index (Phi) is 8.10. The summed E-state index contributed by atoms with van der Waals surface area (Å²) in [5.74, 6) is 1.67. The Morgan fingerprint density at radius 3 is 2.76 bits per heavy atom. The molecular weight excluding hydrogens is 449 g/mol. The van der Waals surface area contributed by atoms with Gasteiger partial charge >= 0.3 is 0 Å². The molecule has 3 heterocycles. The van der Waals surface area contributed by atoms with E-state index in [2.05, 4.69) is 48.2 Å². The molecule has 0 aromatic carbocycles. The molecule has 25 heavy (non-hydrogen) atoms. The maximum Gasteiger partial charge on any atom is 0.191 e. The van der Waals surface area contributed by atoms with Crippen LogP contribution in [0.4, 0.5) is 0 Å². The highest BCUT2D eigenvalue weighted by molar-refractivity contribution is 14.0. The topological polar surface area (TPSA) is 70.4 Å². The van der Waals surface area contributed by atoms with Crippen LogP contribution in [0, 0.1) is 0 Å². The predicted molar refractivity (Wildman–Crippen MR) is 112 cm³/mol. The Bertz CT molecular complexity index is 649. The minimum absolute atomic E-state index is 0. The summed E-state index contributed by atoms with van der Waals surface area (Å²) >= 11 is 1.83. The minimum Gasteiger partial charge on any atom is -0.354 e. The molecule has 1 saturated heterocycles. The van der Waals surface area contributed by atoms with Crippen molar-refractivity contribution in [1.29, 1.82) is 0 Å². The maximum absolute atomic E-state index is 4.32. The van der Waals surface area contributed by atoms with E-state index in [1.807, 2.05) is 23.0 Å². The van der Waals surface area contributed by atoms with Gasteiger partial charge in [0.25, 0.3) is 0 Å². The van der Waals surface area contributed by atoms with E-state index >= 15 is 0 Å². The van der Waals surface area contributed by atoms with E-state index in [4.69, 9.17) is 0 Å². The Morgan fingerprint density at radius 1 is 1.36 bits per heavy atom. The third-order valence-corrected chi connectivity index (χ3v) is 5.33. The van der Waals surface area contributed by atoms with Crippen LogP contribution >= 0.6 is 35.3 Å². The van der Waals surface area contributed by atoms with Crippen molar-refractivity contribution >= 4 is 41.3 Å². The van der Waals surface area contributed by atoms with E-state index in [9.17, 15) is 0 Å². The highest BCUT2D eigenvalue weighted by atomic mass is 127. The van der Waals surface area contributed by atoms with Crippen LogP contribution < -0.4 is 10.6 Å². The molecule has 1 unspecified atom stereocenters. The van der Waals surface area contributed by atoms with Crippen LogP contribution in [0.15, 0.2) is 28.8 Å². The van der Waals surface area contributed by atoms with Gasteiger partial charge in [-0.2, -0.15) is 0 Å². The SMILES string of the molecule is CN=C(NCc1nncn1C)NCC(c1cccs1)N1CCCC1.I. The second-order valence-electron chi connectivity index (χ2n) is 5.94. The van der Waals surface area contributed by atoms with Crippen molar-refractivity contribution in [2.45, 2.75) is 25.4 Å².